The normalized spacial score (nSPS) is 39.3. The summed E-state index contributed by atoms with van der Waals surface area (Å²) in [5.41, 5.74) is 0.126. The lowest BCUT2D eigenvalue weighted by Crippen LogP contribution is -2.47. The molecular weight excluding hydrogens is 224 g/mol. The number of hydrogen-bond donors (Lipinski definition) is 0. The first-order chi connectivity index (χ1) is 8.69. The van der Waals surface area contributed by atoms with Gasteiger partial charge in [-0.1, -0.05) is 19.8 Å². The zero-order chi connectivity index (χ0) is 12.6. The topological polar surface area (TPSA) is 26.3 Å². The Hall–Kier alpha value is -0.370. The summed E-state index contributed by atoms with van der Waals surface area (Å²) in [6.45, 7) is 3.14. The Morgan fingerprint density at radius 3 is 2.39 bits per heavy atom. The Balaban J connectivity index is 1.58. The van der Waals surface area contributed by atoms with Crippen LogP contribution in [0.2, 0.25) is 0 Å². The minimum Gasteiger partial charge on any atom is -0.375 e. The fourth-order valence-corrected chi connectivity index (χ4v) is 4.07. The molecule has 1 aliphatic heterocycles. The molecule has 3 fully saturated rings. The van der Waals surface area contributed by atoms with E-state index in [-0.39, 0.29) is 5.60 Å². The van der Waals surface area contributed by atoms with E-state index in [1.807, 2.05) is 0 Å². The summed E-state index contributed by atoms with van der Waals surface area (Å²) in [7, 11) is 0. The standard InChI is InChI=1S/C16H26O2/c1-12-3-5-13(6-4-12)15(17)14-7-10-18-16(11-14)8-2-9-16/h12-14H,2-11H2,1H3. The number of Topliss-reactive ketones (excluding diaryl/α,β-unsaturated/α-hetero) is 1. The molecule has 102 valence electrons. The van der Waals surface area contributed by atoms with E-state index in [0.717, 1.165) is 38.2 Å². The highest BCUT2D eigenvalue weighted by Crippen LogP contribution is 2.45. The molecule has 1 spiro atoms. The molecule has 3 rings (SSSR count). The van der Waals surface area contributed by atoms with Crippen molar-refractivity contribution in [1.82, 2.24) is 0 Å². The van der Waals surface area contributed by atoms with Crippen molar-refractivity contribution in [3.8, 4) is 0 Å². The average molecular weight is 250 g/mol. The van der Waals surface area contributed by atoms with Crippen LogP contribution >= 0.6 is 0 Å². The first-order valence-electron chi connectivity index (χ1n) is 7.86. The summed E-state index contributed by atoms with van der Waals surface area (Å²) in [4.78, 5) is 12.6. The molecule has 0 aromatic heterocycles. The second kappa shape index (κ2) is 4.96. The molecule has 1 heterocycles. The highest BCUT2D eigenvalue weighted by atomic mass is 16.5. The summed E-state index contributed by atoms with van der Waals surface area (Å²) in [6, 6.07) is 0. The van der Waals surface area contributed by atoms with Crippen molar-refractivity contribution in [1.29, 1.82) is 0 Å². The average Bonchev–Trinajstić information content (AvgIpc) is 2.37. The minimum absolute atomic E-state index is 0.126. The lowest BCUT2D eigenvalue weighted by atomic mass is 9.68. The van der Waals surface area contributed by atoms with E-state index in [0.29, 0.717) is 17.6 Å². The van der Waals surface area contributed by atoms with Gasteiger partial charge in [0.2, 0.25) is 0 Å². The van der Waals surface area contributed by atoms with Gasteiger partial charge in [0.05, 0.1) is 5.60 Å². The predicted molar refractivity (Wildman–Crippen MR) is 71.4 cm³/mol. The van der Waals surface area contributed by atoms with Crippen molar-refractivity contribution in [2.75, 3.05) is 6.61 Å². The van der Waals surface area contributed by atoms with E-state index in [1.54, 1.807) is 0 Å². The third-order valence-corrected chi connectivity index (χ3v) is 5.58. The van der Waals surface area contributed by atoms with Crippen LogP contribution in [-0.2, 0) is 9.53 Å². The van der Waals surface area contributed by atoms with Crippen LogP contribution in [0.1, 0.15) is 64.7 Å². The van der Waals surface area contributed by atoms with Gasteiger partial charge in [-0.25, -0.2) is 0 Å². The van der Waals surface area contributed by atoms with Crippen molar-refractivity contribution < 1.29 is 9.53 Å². The molecule has 2 saturated carbocycles. The van der Waals surface area contributed by atoms with Gasteiger partial charge in [-0.15, -0.1) is 0 Å². The number of ketones is 1. The van der Waals surface area contributed by atoms with Crippen LogP contribution in [0.4, 0.5) is 0 Å². The monoisotopic (exact) mass is 250 g/mol. The Morgan fingerprint density at radius 2 is 1.78 bits per heavy atom. The highest BCUT2D eigenvalue weighted by molar-refractivity contribution is 5.83. The van der Waals surface area contributed by atoms with Crippen LogP contribution in [0.5, 0.6) is 0 Å². The summed E-state index contributed by atoms with van der Waals surface area (Å²) < 4.78 is 5.93. The predicted octanol–water partition coefficient (Wildman–Crippen LogP) is 3.73. The van der Waals surface area contributed by atoms with Gasteiger partial charge in [0, 0.05) is 18.4 Å². The van der Waals surface area contributed by atoms with E-state index >= 15 is 0 Å². The molecule has 1 atom stereocenters. The number of ether oxygens (including phenoxy) is 1. The lowest BCUT2D eigenvalue weighted by Gasteiger charge is -2.47. The minimum atomic E-state index is 0.126. The molecule has 1 saturated heterocycles. The summed E-state index contributed by atoms with van der Waals surface area (Å²) in [5.74, 6) is 2.11. The Labute approximate surface area is 110 Å². The number of carbonyl (C=O) groups is 1. The van der Waals surface area contributed by atoms with Gasteiger partial charge in [0.15, 0.2) is 0 Å². The van der Waals surface area contributed by atoms with Gasteiger partial charge >= 0.3 is 0 Å². The van der Waals surface area contributed by atoms with Crippen molar-refractivity contribution in [3.05, 3.63) is 0 Å². The highest BCUT2D eigenvalue weighted by Gasteiger charge is 2.45. The molecule has 2 nitrogen and oxygen atoms in total. The second-order valence-electron chi connectivity index (χ2n) is 6.93. The zero-order valence-corrected chi connectivity index (χ0v) is 11.6. The third kappa shape index (κ3) is 2.36. The van der Waals surface area contributed by atoms with Gasteiger partial charge in [0.1, 0.15) is 5.78 Å². The Bertz CT molecular complexity index is 311. The lowest BCUT2D eigenvalue weighted by molar-refractivity contribution is -0.158. The molecule has 0 aromatic rings. The third-order valence-electron chi connectivity index (χ3n) is 5.58. The molecule has 3 aliphatic rings. The summed E-state index contributed by atoms with van der Waals surface area (Å²) >= 11 is 0. The molecule has 2 aliphatic carbocycles. The molecule has 0 aromatic carbocycles. The molecule has 1 unspecified atom stereocenters. The molecule has 0 N–H and O–H groups in total. The number of carbonyl (C=O) groups excluding carboxylic acids is 1. The summed E-state index contributed by atoms with van der Waals surface area (Å²) in [5, 5.41) is 0. The van der Waals surface area contributed by atoms with Crippen LogP contribution in [0.15, 0.2) is 0 Å². The molecule has 0 radical (unpaired) electrons. The van der Waals surface area contributed by atoms with Gasteiger partial charge in [-0.3, -0.25) is 4.79 Å². The van der Waals surface area contributed by atoms with E-state index < -0.39 is 0 Å². The largest absolute Gasteiger partial charge is 0.375 e. The maximum absolute atomic E-state index is 12.6. The van der Waals surface area contributed by atoms with Crippen LogP contribution < -0.4 is 0 Å². The molecule has 18 heavy (non-hydrogen) atoms. The van der Waals surface area contributed by atoms with Crippen LogP contribution in [-0.4, -0.2) is 18.0 Å². The van der Waals surface area contributed by atoms with Gasteiger partial charge in [-0.2, -0.15) is 0 Å². The van der Waals surface area contributed by atoms with E-state index in [2.05, 4.69) is 6.92 Å². The molecule has 2 heteroatoms. The smallest absolute Gasteiger partial charge is 0.139 e. The maximum atomic E-state index is 12.6. The van der Waals surface area contributed by atoms with Crippen LogP contribution in [0.3, 0.4) is 0 Å². The molecule has 0 amide bonds. The van der Waals surface area contributed by atoms with Crippen LogP contribution in [0, 0.1) is 17.8 Å². The maximum Gasteiger partial charge on any atom is 0.139 e. The van der Waals surface area contributed by atoms with Gasteiger partial charge in [-0.05, 0) is 50.9 Å². The number of hydrogen-bond acceptors (Lipinski definition) is 2. The Morgan fingerprint density at radius 1 is 1.06 bits per heavy atom. The summed E-state index contributed by atoms with van der Waals surface area (Å²) in [6.07, 6.45) is 10.5. The molecular formula is C16H26O2. The van der Waals surface area contributed by atoms with Crippen LogP contribution in [0.25, 0.3) is 0 Å². The van der Waals surface area contributed by atoms with Crippen molar-refractivity contribution in [2.45, 2.75) is 70.3 Å². The second-order valence-corrected chi connectivity index (χ2v) is 6.93. The molecule has 0 bridgehead atoms. The first-order valence-corrected chi connectivity index (χ1v) is 7.86. The van der Waals surface area contributed by atoms with Gasteiger partial charge < -0.3 is 4.74 Å². The van der Waals surface area contributed by atoms with E-state index in [4.69, 9.17) is 4.74 Å². The van der Waals surface area contributed by atoms with Crippen molar-refractivity contribution in [3.63, 3.8) is 0 Å². The van der Waals surface area contributed by atoms with E-state index in [1.165, 1.54) is 32.1 Å². The van der Waals surface area contributed by atoms with Gasteiger partial charge in [0.25, 0.3) is 0 Å². The quantitative estimate of drug-likeness (QED) is 0.746. The van der Waals surface area contributed by atoms with E-state index in [9.17, 15) is 4.79 Å². The Kier molecular flexibility index (Phi) is 3.48. The fraction of sp³-hybridized carbons (Fsp3) is 0.938. The first kappa shape index (κ1) is 12.7. The fourth-order valence-electron chi connectivity index (χ4n) is 4.07. The van der Waals surface area contributed by atoms with Crippen molar-refractivity contribution in [2.24, 2.45) is 17.8 Å². The zero-order valence-electron chi connectivity index (χ0n) is 11.6. The van der Waals surface area contributed by atoms with Crippen molar-refractivity contribution >= 4 is 5.78 Å². The number of rotatable bonds is 2. The SMILES string of the molecule is CC1CCC(C(=O)C2CCOC3(CCC3)C2)CC1.